The summed E-state index contributed by atoms with van der Waals surface area (Å²) in [6, 6.07) is 0. The highest BCUT2D eigenvalue weighted by atomic mass is 32.1. The minimum Gasteiger partial charge on any atom is -0.312 e. The number of likely N-dealkylation sites (N-methyl/N-ethyl adjacent to an activating group) is 1. The molecule has 0 aromatic carbocycles. The summed E-state index contributed by atoms with van der Waals surface area (Å²) >= 11 is 1.75. The van der Waals surface area contributed by atoms with Crippen molar-refractivity contribution < 1.29 is 0 Å². The van der Waals surface area contributed by atoms with Gasteiger partial charge in [0.05, 0.1) is 11.2 Å². The summed E-state index contributed by atoms with van der Waals surface area (Å²) in [6.07, 6.45) is 1.24. The molecule has 18 heavy (non-hydrogen) atoms. The van der Waals surface area contributed by atoms with Gasteiger partial charge in [-0.25, -0.2) is 4.98 Å². The van der Waals surface area contributed by atoms with Gasteiger partial charge in [0.25, 0.3) is 0 Å². The van der Waals surface area contributed by atoms with Crippen LogP contribution >= 0.6 is 11.3 Å². The second-order valence-electron chi connectivity index (χ2n) is 5.04. The molecule has 2 rings (SSSR count). The normalized spacial score (nSPS) is 18.3. The van der Waals surface area contributed by atoms with Gasteiger partial charge in [-0.15, -0.1) is 11.3 Å². The van der Waals surface area contributed by atoms with E-state index >= 15 is 0 Å². The zero-order valence-corrected chi connectivity index (χ0v) is 12.3. The Morgan fingerprint density at radius 3 is 2.78 bits per heavy atom. The minimum absolute atomic E-state index is 0.971. The van der Waals surface area contributed by atoms with Crippen LogP contribution < -0.4 is 5.32 Å². The van der Waals surface area contributed by atoms with Gasteiger partial charge in [-0.2, -0.15) is 0 Å². The number of rotatable bonds is 6. The number of hydrogen-bond acceptors (Lipinski definition) is 5. The molecule has 1 N–H and O–H groups in total. The van der Waals surface area contributed by atoms with E-state index in [4.69, 9.17) is 0 Å². The molecule has 0 aliphatic carbocycles. The van der Waals surface area contributed by atoms with E-state index in [0.717, 1.165) is 13.1 Å². The number of aryl methyl sites for hydroxylation is 1. The van der Waals surface area contributed by atoms with E-state index in [9.17, 15) is 0 Å². The molecule has 2 heterocycles. The van der Waals surface area contributed by atoms with Gasteiger partial charge < -0.3 is 15.1 Å². The van der Waals surface area contributed by atoms with Crippen molar-refractivity contribution in [1.29, 1.82) is 0 Å². The Hall–Kier alpha value is -0.490. The Morgan fingerprint density at radius 1 is 1.33 bits per heavy atom. The number of aromatic nitrogens is 1. The Morgan fingerprint density at radius 2 is 2.11 bits per heavy atom. The second kappa shape index (κ2) is 7.19. The van der Waals surface area contributed by atoms with Crippen LogP contribution in [0, 0.1) is 6.92 Å². The molecular formula is C13H24N4S. The predicted molar refractivity (Wildman–Crippen MR) is 77.1 cm³/mol. The van der Waals surface area contributed by atoms with Crippen LogP contribution in [0.2, 0.25) is 0 Å². The number of piperazine rings is 1. The van der Waals surface area contributed by atoms with Crippen LogP contribution in [0.4, 0.5) is 0 Å². The van der Waals surface area contributed by atoms with Gasteiger partial charge in [0.1, 0.15) is 0 Å². The molecule has 1 aliphatic rings. The molecular weight excluding hydrogens is 244 g/mol. The highest BCUT2D eigenvalue weighted by molar-refractivity contribution is 7.09. The molecule has 0 atom stereocenters. The highest BCUT2D eigenvalue weighted by Crippen LogP contribution is 2.11. The zero-order chi connectivity index (χ0) is 12.8. The van der Waals surface area contributed by atoms with Crippen molar-refractivity contribution in [2.24, 2.45) is 0 Å². The first kappa shape index (κ1) is 13.9. The van der Waals surface area contributed by atoms with E-state index in [0.29, 0.717) is 0 Å². The van der Waals surface area contributed by atoms with Crippen LogP contribution in [0.1, 0.15) is 17.0 Å². The molecule has 0 saturated carbocycles. The maximum Gasteiger partial charge on any atom is 0.0798 e. The van der Waals surface area contributed by atoms with Gasteiger partial charge in [0, 0.05) is 37.6 Å². The zero-order valence-electron chi connectivity index (χ0n) is 11.5. The maximum atomic E-state index is 4.26. The third kappa shape index (κ3) is 4.31. The predicted octanol–water partition coefficient (Wildman–Crippen LogP) is 1.18. The number of nitrogens with zero attached hydrogens (tertiary/aromatic N) is 3. The Bertz CT molecular complexity index is 345. The number of thiazole rings is 1. The molecule has 1 aromatic heterocycles. The first-order valence-corrected chi connectivity index (χ1v) is 7.64. The van der Waals surface area contributed by atoms with Crippen LogP contribution in [0.15, 0.2) is 5.51 Å². The first-order valence-electron chi connectivity index (χ1n) is 6.76. The van der Waals surface area contributed by atoms with E-state index in [1.165, 1.54) is 49.7 Å². The van der Waals surface area contributed by atoms with E-state index in [2.05, 4.69) is 34.1 Å². The second-order valence-corrected chi connectivity index (χ2v) is 5.98. The quantitative estimate of drug-likeness (QED) is 0.785. The summed E-state index contributed by atoms with van der Waals surface area (Å²) in [6.45, 7) is 10.3. The third-order valence-electron chi connectivity index (χ3n) is 3.55. The van der Waals surface area contributed by atoms with Gasteiger partial charge in [-0.3, -0.25) is 0 Å². The summed E-state index contributed by atoms with van der Waals surface area (Å²) in [4.78, 5) is 10.6. The lowest BCUT2D eigenvalue weighted by Gasteiger charge is -2.32. The maximum absolute atomic E-state index is 4.26. The SMILES string of the molecule is Cc1ncsc1CNCCCN1CCN(C)CC1. The van der Waals surface area contributed by atoms with Crippen molar-refractivity contribution in [2.75, 3.05) is 46.3 Å². The van der Waals surface area contributed by atoms with Crippen molar-refractivity contribution in [1.82, 2.24) is 20.1 Å². The van der Waals surface area contributed by atoms with Crippen LogP contribution in [-0.2, 0) is 6.54 Å². The molecule has 0 unspecified atom stereocenters. The number of nitrogens with one attached hydrogen (secondary N) is 1. The highest BCUT2D eigenvalue weighted by Gasteiger charge is 2.12. The Labute approximate surface area is 114 Å². The summed E-state index contributed by atoms with van der Waals surface area (Å²) in [5.74, 6) is 0. The lowest BCUT2D eigenvalue weighted by atomic mass is 10.3. The van der Waals surface area contributed by atoms with Crippen molar-refractivity contribution in [3.63, 3.8) is 0 Å². The molecule has 0 bridgehead atoms. The van der Waals surface area contributed by atoms with E-state index in [1.54, 1.807) is 11.3 Å². The van der Waals surface area contributed by atoms with Gasteiger partial charge in [-0.1, -0.05) is 0 Å². The van der Waals surface area contributed by atoms with Crippen LogP contribution in [0.5, 0.6) is 0 Å². The first-order chi connectivity index (χ1) is 8.75. The summed E-state index contributed by atoms with van der Waals surface area (Å²) in [7, 11) is 2.20. The fourth-order valence-electron chi connectivity index (χ4n) is 2.20. The van der Waals surface area contributed by atoms with Gasteiger partial charge in [0.15, 0.2) is 0 Å². The van der Waals surface area contributed by atoms with Crippen LogP contribution in [0.25, 0.3) is 0 Å². The standard InChI is InChI=1S/C13H24N4S/c1-12-13(18-11-15-12)10-14-4-3-5-17-8-6-16(2)7-9-17/h11,14H,3-10H2,1-2H3. The molecule has 1 aromatic rings. The smallest absolute Gasteiger partial charge is 0.0798 e. The van der Waals surface area contributed by atoms with Crippen molar-refractivity contribution in [2.45, 2.75) is 19.9 Å². The summed E-state index contributed by atoms with van der Waals surface area (Å²) < 4.78 is 0. The lowest BCUT2D eigenvalue weighted by molar-refractivity contribution is 0.153. The topological polar surface area (TPSA) is 31.4 Å². The minimum atomic E-state index is 0.971. The van der Waals surface area contributed by atoms with Gasteiger partial charge in [0.2, 0.25) is 0 Å². The lowest BCUT2D eigenvalue weighted by Crippen LogP contribution is -2.45. The summed E-state index contributed by atoms with van der Waals surface area (Å²) in [5.41, 5.74) is 3.10. The van der Waals surface area contributed by atoms with Crippen molar-refractivity contribution >= 4 is 11.3 Å². The van der Waals surface area contributed by atoms with Gasteiger partial charge >= 0.3 is 0 Å². The van der Waals surface area contributed by atoms with E-state index < -0.39 is 0 Å². The van der Waals surface area contributed by atoms with Crippen LogP contribution in [0.3, 0.4) is 0 Å². The molecule has 0 spiro atoms. The van der Waals surface area contributed by atoms with E-state index in [-0.39, 0.29) is 0 Å². The molecule has 0 amide bonds. The van der Waals surface area contributed by atoms with Crippen LogP contribution in [-0.4, -0.2) is 61.1 Å². The van der Waals surface area contributed by atoms with Crippen molar-refractivity contribution in [3.8, 4) is 0 Å². The monoisotopic (exact) mass is 268 g/mol. The average Bonchev–Trinajstić information content (AvgIpc) is 2.77. The molecule has 102 valence electrons. The largest absolute Gasteiger partial charge is 0.312 e. The number of hydrogen-bond donors (Lipinski definition) is 1. The molecule has 1 aliphatic heterocycles. The Kier molecular flexibility index (Phi) is 5.56. The molecule has 5 heteroatoms. The Balaban J connectivity index is 1.53. The molecule has 4 nitrogen and oxygen atoms in total. The fourth-order valence-corrected chi connectivity index (χ4v) is 2.94. The average molecular weight is 268 g/mol. The fraction of sp³-hybridized carbons (Fsp3) is 0.769. The summed E-state index contributed by atoms with van der Waals surface area (Å²) in [5, 5.41) is 3.51. The third-order valence-corrected chi connectivity index (χ3v) is 4.49. The van der Waals surface area contributed by atoms with Crippen molar-refractivity contribution in [3.05, 3.63) is 16.1 Å². The molecule has 1 saturated heterocycles. The molecule has 0 radical (unpaired) electrons. The van der Waals surface area contributed by atoms with E-state index in [1.807, 2.05) is 5.51 Å². The van der Waals surface area contributed by atoms with Gasteiger partial charge in [-0.05, 0) is 33.5 Å². The molecule has 1 fully saturated rings.